The average molecular weight is 649 g/mol. The van der Waals surface area contributed by atoms with Crippen LogP contribution in [0.15, 0.2) is 39.6 Å². The van der Waals surface area contributed by atoms with Crippen molar-refractivity contribution in [3.8, 4) is 22.6 Å². The third-order valence-corrected chi connectivity index (χ3v) is 9.82. The Labute approximate surface area is 258 Å². The van der Waals surface area contributed by atoms with E-state index in [-0.39, 0.29) is 23.6 Å². The maximum absolute atomic E-state index is 13.3. The molecule has 4 fully saturated rings. The molecule has 4 aliphatic carbocycles. The number of rotatable bonds is 8. The second kappa shape index (κ2) is 10.6. The van der Waals surface area contributed by atoms with Crippen molar-refractivity contribution in [3.63, 3.8) is 0 Å². The Morgan fingerprint density at radius 3 is 2.32 bits per heavy atom. The third kappa shape index (κ3) is 5.06. The molecule has 4 aliphatic rings. The van der Waals surface area contributed by atoms with E-state index in [1.54, 1.807) is 0 Å². The first kappa shape index (κ1) is 29.2. The zero-order chi connectivity index (χ0) is 30.9. The maximum Gasteiger partial charge on any atom is 0.417 e. The first-order chi connectivity index (χ1) is 21.0. The van der Waals surface area contributed by atoms with Crippen LogP contribution in [0.3, 0.4) is 0 Å². The number of carboxylic acids is 1. The molecule has 0 unspecified atom stereocenters. The molecule has 2 bridgehead atoms. The molecule has 9 nitrogen and oxygen atoms in total. The van der Waals surface area contributed by atoms with Gasteiger partial charge in [-0.1, -0.05) is 39.6 Å². The van der Waals surface area contributed by atoms with Crippen LogP contribution in [0.25, 0.3) is 22.6 Å². The zero-order valence-electron chi connectivity index (χ0n) is 23.1. The molecule has 14 heteroatoms. The number of hydrogen-bond acceptors (Lipinski definition) is 8. The standard InChI is InChI=1S/C30H25Cl2F3N4O5/c31-20-12-36-13-21(32)22(20)23-18(24(43-38-23)15-1-2-15)14-42-29-8-5-28(6-9-29,7-10-29)27-37-25(39-44-27)16-3-4-19(30(33,34)35)17(11-16)26(40)41/h3-4,11-13,15H,1-2,5-10,14H2,(H,40,41). The van der Waals surface area contributed by atoms with Crippen LogP contribution in [0.1, 0.15) is 90.4 Å². The highest BCUT2D eigenvalue weighted by molar-refractivity contribution is 6.38. The van der Waals surface area contributed by atoms with E-state index in [2.05, 4.69) is 20.3 Å². The van der Waals surface area contributed by atoms with Crippen LogP contribution >= 0.6 is 23.2 Å². The summed E-state index contributed by atoms with van der Waals surface area (Å²) in [7, 11) is 0. The van der Waals surface area contributed by atoms with E-state index in [9.17, 15) is 23.1 Å². The summed E-state index contributed by atoms with van der Waals surface area (Å²) >= 11 is 12.9. The van der Waals surface area contributed by atoms with Gasteiger partial charge in [-0.25, -0.2) is 4.79 Å². The van der Waals surface area contributed by atoms with Gasteiger partial charge in [0.15, 0.2) is 0 Å². The molecule has 4 aromatic rings. The first-order valence-corrected chi connectivity index (χ1v) is 15.0. The van der Waals surface area contributed by atoms with Crippen molar-refractivity contribution in [2.24, 2.45) is 0 Å². The Bertz CT molecular complexity index is 1720. The van der Waals surface area contributed by atoms with Gasteiger partial charge in [-0.3, -0.25) is 4.98 Å². The summed E-state index contributed by atoms with van der Waals surface area (Å²) in [5.74, 6) is -0.150. The lowest BCUT2D eigenvalue weighted by atomic mass is 9.58. The molecule has 1 aromatic carbocycles. The number of carboxylic acid groups (broad SMARTS) is 1. The molecule has 4 saturated carbocycles. The number of fused-ring (bicyclic) bond motifs is 3. The molecular formula is C30H25Cl2F3N4O5. The van der Waals surface area contributed by atoms with E-state index in [1.807, 2.05) is 0 Å². The second-order valence-electron chi connectivity index (χ2n) is 11.9. The normalized spacial score (nSPS) is 23.3. The van der Waals surface area contributed by atoms with Crippen molar-refractivity contribution in [1.82, 2.24) is 20.3 Å². The molecule has 44 heavy (non-hydrogen) atoms. The van der Waals surface area contributed by atoms with E-state index in [0.717, 1.165) is 80.9 Å². The predicted molar refractivity (Wildman–Crippen MR) is 150 cm³/mol. The lowest BCUT2D eigenvalue weighted by Gasteiger charge is -2.51. The Balaban J connectivity index is 1.09. The molecule has 0 amide bonds. The van der Waals surface area contributed by atoms with Gasteiger partial charge in [0.05, 0.1) is 38.8 Å². The number of aromatic nitrogens is 4. The Morgan fingerprint density at radius 2 is 1.70 bits per heavy atom. The fraction of sp³-hybridized carbons (Fsp3) is 0.433. The first-order valence-electron chi connectivity index (χ1n) is 14.2. The minimum atomic E-state index is -4.80. The van der Waals surface area contributed by atoms with Gasteiger partial charge in [0.25, 0.3) is 0 Å². The molecule has 1 N–H and O–H groups in total. The summed E-state index contributed by atoms with van der Waals surface area (Å²) in [6, 6.07) is 2.81. The van der Waals surface area contributed by atoms with Crippen LogP contribution in [0, 0.1) is 0 Å². The molecule has 230 valence electrons. The summed E-state index contributed by atoms with van der Waals surface area (Å²) < 4.78 is 58.0. The minimum Gasteiger partial charge on any atom is -0.478 e. The highest BCUT2D eigenvalue weighted by atomic mass is 35.5. The zero-order valence-corrected chi connectivity index (χ0v) is 24.6. The van der Waals surface area contributed by atoms with E-state index in [1.165, 1.54) is 12.4 Å². The fourth-order valence-electron chi connectivity index (χ4n) is 6.54. The number of nitrogens with zero attached hydrogens (tertiary/aromatic N) is 4. The topological polar surface area (TPSA) is 124 Å². The minimum absolute atomic E-state index is 0.0466. The number of pyridine rings is 1. The van der Waals surface area contributed by atoms with Gasteiger partial charge >= 0.3 is 12.1 Å². The van der Waals surface area contributed by atoms with Gasteiger partial charge in [-0.15, -0.1) is 0 Å². The highest BCUT2D eigenvalue weighted by Gasteiger charge is 2.53. The Morgan fingerprint density at radius 1 is 1.02 bits per heavy atom. The van der Waals surface area contributed by atoms with Crippen LogP contribution in [0.2, 0.25) is 10.0 Å². The summed E-state index contributed by atoms with van der Waals surface area (Å²) in [4.78, 5) is 20.1. The molecule has 3 heterocycles. The fourth-order valence-corrected chi connectivity index (χ4v) is 7.08. The van der Waals surface area contributed by atoms with Gasteiger partial charge in [-0.2, -0.15) is 18.2 Å². The average Bonchev–Trinajstić information content (AvgIpc) is 3.56. The summed E-state index contributed by atoms with van der Waals surface area (Å²) in [6.07, 6.45) is 4.64. The van der Waals surface area contributed by atoms with Crippen molar-refractivity contribution in [2.45, 2.75) is 81.1 Å². The van der Waals surface area contributed by atoms with Crippen LogP contribution in [0.5, 0.6) is 0 Å². The Hall–Kier alpha value is -3.48. The molecule has 3 aromatic heterocycles. The number of ether oxygens (including phenoxy) is 1. The SMILES string of the molecule is O=C(O)c1cc(-c2noc(C34CCC(OCc5c(-c6c(Cl)cncc6Cl)noc5C5CC5)(CC3)CC4)n2)ccc1C(F)(F)F. The number of halogens is 5. The van der Waals surface area contributed by atoms with Crippen molar-refractivity contribution in [1.29, 1.82) is 0 Å². The maximum atomic E-state index is 13.3. The predicted octanol–water partition coefficient (Wildman–Crippen LogP) is 8.25. The lowest BCUT2D eigenvalue weighted by Crippen LogP contribution is -2.49. The number of benzene rings is 1. The summed E-state index contributed by atoms with van der Waals surface area (Å²) in [6.45, 7) is 0.289. The Kier molecular flexibility index (Phi) is 7.02. The molecule has 0 radical (unpaired) electrons. The van der Waals surface area contributed by atoms with Crippen LogP contribution in [0.4, 0.5) is 13.2 Å². The van der Waals surface area contributed by atoms with Gasteiger partial charge in [-0.05, 0) is 63.5 Å². The van der Waals surface area contributed by atoms with Gasteiger partial charge in [0, 0.05) is 35.0 Å². The van der Waals surface area contributed by atoms with Crippen molar-refractivity contribution in [2.75, 3.05) is 0 Å². The second-order valence-corrected chi connectivity index (χ2v) is 12.7. The molecule has 0 atom stereocenters. The van der Waals surface area contributed by atoms with E-state index in [0.29, 0.717) is 33.1 Å². The highest BCUT2D eigenvalue weighted by Crippen LogP contribution is 2.55. The van der Waals surface area contributed by atoms with Crippen LogP contribution in [-0.2, 0) is 22.9 Å². The van der Waals surface area contributed by atoms with Crippen LogP contribution in [-0.4, -0.2) is 37.0 Å². The number of carbonyl (C=O) groups is 1. The number of alkyl halides is 3. The number of aromatic carboxylic acids is 1. The third-order valence-electron chi connectivity index (χ3n) is 9.25. The van der Waals surface area contributed by atoms with E-state index >= 15 is 0 Å². The quantitative estimate of drug-likeness (QED) is 0.201. The number of hydrogen-bond donors (Lipinski definition) is 1. The molecule has 0 saturated heterocycles. The van der Waals surface area contributed by atoms with E-state index in [4.69, 9.17) is 37.0 Å². The molecular weight excluding hydrogens is 624 g/mol. The summed E-state index contributed by atoms with van der Waals surface area (Å²) in [5.41, 5.74) is -0.749. The van der Waals surface area contributed by atoms with Crippen LogP contribution < -0.4 is 0 Å². The lowest BCUT2D eigenvalue weighted by molar-refractivity contribution is -0.138. The van der Waals surface area contributed by atoms with Crippen molar-refractivity contribution in [3.05, 3.63) is 69.0 Å². The van der Waals surface area contributed by atoms with E-state index < -0.39 is 28.7 Å². The molecule has 0 spiro atoms. The van der Waals surface area contributed by atoms with Crippen molar-refractivity contribution < 1.29 is 36.9 Å². The molecule has 0 aliphatic heterocycles. The van der Waals surface area contributed by atoms with Crippen molar-refractivity contribution >= 4 is 29.2 Å². The van der Waals surface area contributed by atoms with Gasteiger partial charge < -0.3 is 18.9 Å². The largest absolute Gasteiger partial charge is 0.478 e. The van der Waals surface area contributed by atoms with Gasteiger partial charge in [0.1, 0.15) is 11.5 Å². The monoisotopic (exact) mass is 648 g/mol. The van der Waals surface area contributed by atoms with Gasteiger partial charge in [0.2, 0.25) is 11.7 Å². The summed E-state index contributed by atoms with van der Waals surface area (Å²) in [5, 5.41) is 18.5. The molecule has 8 rings (SSSR count). The smallest absolute Gasteiger partial charge is 0.417 e.